The third-order valence-electron chi connectivity index (χ3n) is 2.43. The summed E-state index contributed by atoms with van der Waals surface area (Å²) in [7, 11) is 0. The van der Waals surface area contributed by atoms with Gasteiger partial charge in [-0.2, -0.15) is 0 Å². The van der Waals surface area contributed by atoms with Gasteiger partial charge in [0.1, 0.15) is 0 Å². The van der Waals surface area contributed by atoms with Crippen molar-refractivity contribution in [1.29, 1.82) is 0 Å². The fourth-order valence-corrected chi connectivity index (χ4v) is 1.40. The summed E-state index contributed by atoms with van der Waals surface area (Å²) in [5.74, 6) is 0.0450. The van der Waals surface area contributed by atoms with Crippen LogP contribution in [0.3, 0.4) is 0 Å². The molecule has 0 bridgehead atoms. The molecular formula is C11H24N2O2. The topological polar surface area (TPSA) is 52.6 Å². The molecule has 0 heterocycles. The van der Waals surface area contributed by atoms with E-state index in [1.54, 1.807) is 0 Å². The van der Waals surface area contributed by atoms with Crippen LogP contribution in [0.4, 0.5) is 0 Å². The van der Waals surface area contributed by atoms with Crippen LogP contribution in [0.1, 0.15) is 33.1 Å². The van der Waals surface area contributed by atoms with Crippen molar-refractivity contribution in [3.8, 4) is 0 Å². The molecule has 0 aromatic heterocycles. The van der Waals surface area contributed by atoms with Crippen LogP contribution in [0.2, 0.25) is 0 Å². The first kappa shape index (κ1) is 14.4. The molecule has 0 aliphatic heterocycles. The summed E-state index contributed by atoms with van der Waals surface area (Å²) in [4.78, 5) is 13.5. The molecule has 0 radical (unpaired) electrons. The zero-order chi connectivity index (χ0) is 11.5. The molecule has 1 amide bonds. The van der Waals surface area contributed by atoms with Gasteiger partial charge in [0.05, 0.1) is 0 Å². The molecule has 0 saturated heterocycles. The number of aliphatic hydroxyl groups excluding tert-OH is 1. The predicted octanol–water partition coefficient (Wildman–Crippen LogP) is 0.607. The molecule has 0 rings (SSSR count). The number of nitrogens with zero attached hydrogens (tertiary/aromatic N) is 1. The maximum Gasteiger partial charge on any atom is 0.220 e. The van der Waals surface area contributed by atoms with Crippen molar-refractivity contribution in [2.24, 2.45) is 0 Å². The van der Waals surface area contributed by atoms with Gasteiger partial charge in [-0.25, -0.2) is 0 Å². The Labute approximate surface area is 92.7 Å². The van der Waals surface area contributed by atoms with E-state index in [0.717, 1.165) is 32.6 Å². The summed E-state index contributed by atoms with van der Waals surface area (Å²) in [6.45, 7) is 8.28. The lowest BCUT2D eigenvalue weighted by Gasteiger charge is -2.17. The molecule has 4 heteroatoms. The van der Waals surface area contributed by atoms with Crippen LogP contribution in [0.5, 0.6) is 0 Å². The van der Waals surface area contributed by atoms with Crippen molar-refractivity contribution in [3.05, 3.63) is 0 Å². The monoisotopic (exact) mass is 216 g/mol. The van der Waals surface area contributed by atoms with E-state index in [-0.39, 0.29) is 12.5 Å². The molecule has 0 aromatic carbocycles. The third kappa shape index (κ3) is 8.39. The highest BCUT2D eigenvalue weighted by Gasteiger charge is 2.01. The van der Waals surface area contributed by atoms with Crippen LogP contribution in [0.25, 0.3) is 0 Å². The third-order valence-corrected chi connectivity index (χ3v) is 2.43. The first-order chi connectivity index (χ1) is 7.24. The molecule has 0 spiro atoms. The molecule has 0 aliphatic carbocycles. The van der Waals surface area contributed by atoms with Crippen LogP contribution in [-0.2, 0) is 4.79 Å². The lowest BCUT2D eigenvalue weighted by molar-refractivity contribution is -0.121. The Kier molecular flexibility index (Phi) is 9.52. The minimum Gasteiger partial charge on any atom is -0.396 e. The maximum absolute atomic E-state index is 11.1. The van der Waals surface area contributed by atoms with Crippen LogP contribution in [0.15, 0.2) is 0 Å². The Morgan fingerprint density at radius 3 is 2.47 bits per heavy atom. The number of hydrogen-bond acceptors (Lipinski definition) is 3. The van der Waals surface area contributed by atoms with Gasteiger partial charge < -0.3 is 15.3 Å². The van der Waals surface area contributed by atoms with Gasteiger partial charge in [0.15, 0.2) is 0 Å². The zero-order valence-corrected chi connectivity index (χ0v) is 9.96. The SMILES string of the molecule is CCN(CC)CCCNC(=O)CCCO. The Balaban J connectivity index is 3.33. The van der Waals surface area contributed by atoms with Crippen LogP contribution in [-0.4, -0.2) is 48.7 Å². The normalized spacial score (nSPS) is 10.7. The van der Waals surface area contributed by atoms with Gasteiger partial charge in [-0.05, 0) is 32.5 Å². The summed E-state index contributed by atoms with van der Waals surface area (Å²) in [6.07, 6.45) is 1.98. The second-order valence-corrected chi connectivity index (χ2v) is 3.56. The van der Waals surface area contributed by atoms with E-state index in [4.69, 9.17) is 5.11 Å². The molecule has 90 valence electrons. The number of amides is 1. The molecule has 0 fully saturated rings. The average molecular weight is 216 g/mol. The number of aliphatic hydroxyl groups is 1. The van der Waals surface area contributed by atoms with Crippen LogP contribution in [0, 0.1) is 0 Å². The van der Waals surface area contributed by atoms with E-state index in [9.17, 15) is 4.79 Å². The van der Waals surface area contributed by atoms with Crippen LogP contribution >= 0.6 is 0 Å². The quantitative estimate of drug-likeness (QED) is 0.555. The fourth-order valence-electron chi connectivity index (χ4n) is 1.40. The number of nitrogens with one attached hydrogen (secondary N) is 1. The van der Waals surface area contributed by atoms with Gasteiger partial charge in [-0.3, -0.25) is 4.79 Å². The Morgan fingerprint density at radius 1 is 1.27 bits per heavy atom. The number of carbonyl (C=O) groups excluding carboxylic acids is 1. The van der Waals surface area contributed by atoms with Gasteiger partial charge in [-0.1, -0.05) is 13.8 Å². The van der Waals surface area contributed by atoms with Crippen molar-refractivity contribution in [2.45, 2.75) is 33.1 Å². The maximum atomic E-state index is 11.1. The first-order valence-electron chi connectivity index (χ1n) is 5.84. The van der Waals surface area contributed by atoms with Crippen molar-refractivity contribution >= 4 is 5.91 Å². The fraction of sp³-hybridized carbons (Fsp3) is 0.909. The molecule has 0 aliphatic rings. The van der Waals surface area contributed by atoms with E-state index in [1.807, 2.05) is 0 Å². The molecule has 0 saturated carbocycles. The van der Waals surface area contributed by atoms with Crippen LogP contribution < -0.4 is 5.32 Å². The average Bonchev–Trinajstić information content (AvgIpc) is 2.26. The van der Waals surface area contributed by atoms with Crippen molar-refractivity contribution in [3.63, 3.8) is 0 Å². The summed E-state index contributed by atoms with van der Waals surface area (Å²) in [5.41, 5.74) is 0. The van der Waals surface area contributed by atoms with Gasteiger partial charge in [0.25, 0.3) is 0 Å². The molecule has 0 aromatic rings. The van der Waals surface area contributed by atoms with E-state index in [2.05, 4.69) is 24.1 Å². The number of rotatable bonds is 9. The zero-order valence-electron chi connectivity index (χ0n) is 9.96. The summed E-state index contributed by atoms with van der Waals surface area (Å²) >= 11 is 0. The van der Waals surface area contributed by atoms with E-state index in [0.29, 0.717) is 12.8 Å². The summed E-state index contributed by atoms with van der Waals surface area (Å²) < 4.78 is 0. The second kappa shape index (κ2) is 9.93. The van der Waals surface area contributed by atoms with Gasteiger partial charge >= 0.3 is 0 Å². The number of hydrogen-bond donors (Lipinski definition) is 2. The lowest BCUT2D eigenvalue weighted by Crippen LogP contribution is -2.29. The van der Waals surface area contributed by atoms with Gasteiger partial charge in [-0.15, -0.1) is 0 Å². The van der Waals surface area contributed by atoms with Crippen molar-refractivity contribution in [1.82, 2.24) is 10.2 Å². The Morgan fingerprint density at radius 2 is 1.93 bits per heavy atom. The molecule has 4 nitrogen and oxygen atoms in total. The Bertz CT molecular complexity index is 159. The highest BCUT2D eigenvalue weighted by molar-refractivity contribution is 5.75. The van der Waals surface area contributed by atoms with E-state index >= 15 is 0 Å². The smallest absolute Gasteiger partial charge is 0.220 e. The first-order valence-corrected chi connectivity index (χ1v) is 5.84. The number of carbonyl (C=O) groups is 1. The van der Waals surface area contributed by atoms with Gasteiger partial charge in [0.2, 0.25) is 5.91 Å². The molecule has 0 atom stereocenters. The molecular weight excluding hydrogens is 192 g/mol. The lowest BCUT2D eigenvalue weighted by atomic mass is 10.3. The minimum atomic E-state index is 0.0450. The molecule has 2 N–H and O–H groups in total. The summed E-state index contributed by atoms with van der Waals surface area (Å²) in [6, 6.07) is 0. The molecule has 15 heavy (non-hydrogen) atoms. The highest BCUT2D eigenvalue weighted by atomic mass is 16.3. The predicted molar refractivity (Wildman–Crippen MR) is 61.7 cm³/mol. The minimum absolute atomic E-state index is 0.0450. The molecule has 0 unspecified atom stereocenters. The van der Waals surface area contributed by atoms with Crippen molar-refractivity contribution in [2.75, 3.05) is 32.8 Å². The highest BCUT2D eigenvalue weighted by Crippen LogP contribution is 1.90. The second-order valence-electron chi connectivity index (χ2n) is 3.56. The van der Waals surface area contributed by atoms with E-state index in [1.165, 1.54) is 0 Å². The standard InChI is InChI=1S/C11H24N2O2/c1-3-13(4-2)9-6-8-12-11(15)7-5-10-14/h14H,3-10H2,1-2H3,(H,12,15). The Hall–Kier alpha value is -0.610. The summed E-state index contributed by atoms with van der Waals surface area (Å²) in [5, 5.41) is 11.4. The van der Waals surface area contributed by atoms with Crippen molar-refractivity contribution < 1.29 is 9.90 Å². The largest absolute Gasteiger partial charge is 0.396 e. The van der Waals surface area contributed by atoms with E-state index < -0.39 is 0 Å². The van der Waals surface area contributed by atoms with Gasteiger partial charge in [0, 0.05) is 19.6 Å².